The number of fused-ring (bicyclic) bond motifs is 1. The summed E-state index contributed by atoms with van der Waals surface area (Å²) in [5.74, 6) is -1.32. The van der Waals surface area contributed by atoms with Crippen molar-refractivity contribution in [2.24, 2.45) is 29.6 Å². The van der Waals surface area contributed by atoms with E-state index in [0.29, 0.717) is 19.3 Å². The van der Waals surface area contributed by atoms with Crippen molar-refractivity contribution in [3.63, 3.8) is 0 Å². The second-order valence-electron chi connectivity index (χ2n) is 8.98. The van der Waals surface area contributed by atoms with Gasteiger partial charge in [-0.05, 0) is 49.0 Å². The summed E-state index contributed by atoms with van der Waals surface area (Å²) in [6.07, 6.45) is 7.18. The molecule has 1 fully saturated rings. The van der Waals surface area contributed by atoms with Gasteiger partial charge in [0.1, 0.15) is 12.2 Å². The van der Waals surface area contributed by atoms with Gasteiger partial charge in [-0.2, -0.15) is 0 Å². The van der Waals surface area contributed by atoms with Gasteiger partial charge in [-0.1, -0.05) is 45.9 Å². The number of carbonyl (C=O) groups is 2. The standard InChI is InChI=1S/C24H36O5/c1-5-15(3)24(27)29-21-11-14(2)10-17-7-6-16(4)20(23(17)21)9-8-19-12-18(25)13-22(26)28-19/h6-7,10,14-16,18-21,23,25H,5,8-9,11-13H2,1-4H3/t14-,15-,16-,18+,19?,20-,21-,23-/m0/s1/i2D3. The van der Waals surface area contributed by atoms with E-state index in [0.717, 1.165) is 12.0 Å². The van der Waals surface area contributed by atoms with E-state index in [-0.39, 0.29) is 54.6 Å². The van der Waals surface area contributed by atoms with E-state index in [4.69, 9.17) is 13.6 Å². The molecule has 0 aromatic heterocycles. The van der Waals surface area contributed by atoms with Crippen molar-refractivity contribution < 1.29 is 28.3 Å². The maximum atomic E-state index is 12.7. The molecule has 0 aromatic rings. The molecule has 1 unspecified atom stereocenters. The Balaban J connectivity index is 1.83. The van der Waals surface area contributed by atoms with Gasteiger partial charge < -0.3 is 14.6 Å². The van der Waals surface area contributed by atoms with Gasteiger partial charge in [-0.25, -0.2) is 0 Å². The molecule has 3 aliphatic rings. The van der Waals surface area contributed by atoms with Gasteiger partial charge in [0.2, 0.25) is 0 Å². The third-order valence-electron chi connectivity index (χ3n) is 6.73. The predicted octanol–water partition coefficient (Wildman–Crippen LogP) is 4.20. The van der Waals surface area contributed by atoms with Gasteiger partial charge >= 0.3 is 11.9 Å². The highest BCUT2D eigenvalue weighted by Gasteiger charge is 2.42. The Morgan fingerprint density at radius 3 is 2.90 bits per heavy atom. The van der Waals surface area contributed by atoms with E-state index in [1.54, 1.807) is 0 Å². The number of aliphatic hydroxyl groups is 1. The average molecular weight is 408 g/mol. The molecule has 8 atom stereocenters. The Hall–Kier alpha value is -1.62. The van der Waals surface area contributed by atoms with Gasteiger partial charge in [-0.15, -0.1) is 0 Å². The summed E-state index contributed by atoms with van der Waals surface area (Å²) in [5, 5.41) is 9.92. The Bertz CT molecular complexity index is 759. The molecular weight excluding hydrogens is 368 g/mol. The van der Waals surface area contributed by atoms with Gasteiger partial charge in [0.25, 0.3) is 0 Å². The molecule has 29 heavy (non-hydrogen) atoms. The maximum absolute atomic E-state index is 12.7. The highest BCUT2D eigenvalue weighted by atomic mass is 16.5. The molecule has 1 aliphatic heterocycles. The van der Waals surface area contributed by atoms with Crippen LogP contribution in [-0.4, -0.2) is 35.4 Å². The molecule has 1 heterocycles. The van der Waals surface area contributed by atoms with Crippen molar-refractivity contribution in [2.45, 2.75) is 84.5 Å². The molecule has 0 radical (unpaired) electrons. The molecule has 2 aliphatic carbocycles. The maximum Gasteiger partial charge on any atom is 0.308 e. The third-order valence-corrected chi connectivity index (χ3v) is 6.73. The molecule has 5 heteroatoms. The first-order valence-corrected chi connectivity index (χ1v) is 11.0. The van der Waals surface area contributed by atoms with E-state index in [9.17, 15) is 14.7 Å². The van der Waals surface area contributed by atoms with Gasteiger partial charge in [0.05, 0.1) is 18.4 Å². The first kappa shape index (κ1) is 18.2. The third kappa shape index (κ3) is 5.30. The molecule has 3 rings (SSSR count). The van der Waals surface area contributed by atoms with E-state index in [1.165, 1.54) is 0 Å². The first-order chi connectivity index (χ1) is 15.0. The summed E-state index contributed by atoms with van der Waals surface area (Å²) >= 11 is 0. The van der Waals surface area contributed by atoms with Crippen molar-refractivity contribution in [3.8, 4) is 0 Å². The van der Waals surface area contributed by atoms with Crippen molar-refractivity contribution >= 4 is 11.9 Å². The zero-order valence-corrected chi connectivity index (χ0v) is 17.7. The number of carbonyl (C=O) groups excluding carboxylic acids is 2. The molecule has 162 valence electrons. The van der Waals surface area contributed by atoms with Crippen LogP contribution in [-0.2, 0) is 19.1 Å². The molecule has 0 aromatic carbocycles. The van der Waals surface area contributed by atoms with Gasteiger partial charge in [-0.3, -0.25) is 9.59 Å². The number of rotatable bonds is 6. The zero-order valence-electron chi connectivity index (χ0n) is 20.7. The highest BCUT2D eigenvalue weighted by Crippen LogP contribution is 2.45. The minimum Gasteiger partial charge on any atom is -0.462 e. The van der Waals surface area contributed by atoms with Crippen molar-refractivity contribution in [3.05, 3.63) is 23.8 Å². The summed E-state index contributed by atoms with van der Waals surface area (Å²) in [7, 11) is 0. The molecule has 5 nitrogen and oxygen atoms in total. The number of hydrogen-bond donors (Lipinski definition) is 1. The smallest absolute Gasteiger partial charge is 0.308 e. The highest BCUT2D eigenvalue weighted by molar-refractivity contribution is 5.72. The van der Waals surface area contributed by atoms with Crippen LogP contribution in [0.5, 0.6) is 0 Å². The lowest BCUT2D eigenvalue weighted by Gasteiger charge is -2.43. The summed E-state index contributed by atoms with van der Waals surface area (Å²) in [6, 6.07) is 0. The van der Waals surface area contributed by atoms with Crippen molar-refractivity contribution in [1.82, 2.24) is 0 Å². The van der Waals surface area contributed by atoms with Gasteiger partial charge in [0, 0.05) is 16.5 Å². The minimum atomic E-state index is -2.15. The molecule has 0 amide bonds. The van der Waals surface area contributed by atoms with Crippen LogP contribution in [0.3, 0.4) is 0 Å². The molecular formula is C24H36O5. The Morgan fingerprint density at radius 1 is 1.41 bits per heavy atom. The lowest BCUT2D eigenvalue weighted by molar-refractivity contribution is -0.162. The first-order valence-electron chi connectivity index (χ1n) is 12.5. The van der Waals surface area contributed by atoms with Crippen LogP contribution in [0.1, 0.15) is 70.3 Å². The molecule has 0 spiro atoms. The van der Waals surface area contributed by atoms with E-state index in [1.807, 2.05) is 26.0 Å². The Kier molecular flexibility index (Phi) is 5.93. The fourth-order valence-electron chi connectivity index (χ4n) is 4.86. The Labute approximate surface area is 178 Å². The van der Waals surface area contributed by atoms with E-state index >= 15 is 0 Å². The van der Waals surface area contributed by atoms with Crippen molar-refractivity contribution in [2.75, 3.05) is 0 Å². The van der Waals surface area contributed by atoms with Crippen LogP contribution in [0.4, 0.5) is 0 Å². The number of cyclic esters (lactones) is 1. The number of ether oxygens (including phenoxy) is 2. The van der Waals surface area contributed by atoms with Crippen LogP contribution in [0.25, 0.3) is 0 Å². The normalized spacial score (nSPS) is 39.9. The number of esters is 2. The molecule has 0 bridgehead atoms. The monoisotopic (exact) mass is 407 g/mol. The SMILES string of the molecule is [2H]C([2H])([2H])[C@H]1C=C2C=C[C@H](C)[C@H](CCC3C[C@@H](O)CC(=O)O3)[C@H]2[C@@H](OC(=O)[C@@H](C)CC)C1. The molecule has 0 saturated carbocycles. The fraction of sp³-hybridized carbons (Fsp3) is 0.750. The summed E-state index contributed by atoms with van der Waals surface area (Å²) in [6.45, 7) is 3.71. The number of allylic oxidation sites excluding steroid dienone is 3. The van der Waals surface area contributed by atoms with Crippen LogP contribution in [0.15, 0.2) is 23.8 Å². The second kappa shape index (κ2) is 9.46. The van der Waals surface area contributed by atoms with Crippen LogP contribution in [0.2, 0.25) is 0 Å². The lowest BCUT2D eigenvalue weighted by Crippen LogP contribution is -2.42. The topological polar surface area (TPSA) is 72.8 Å². The Morgan fingerprint density at radius 2 is 2.21 bits per heavy atom. The van der Waals surface area contributed by atoms with Crippen LogP contribution in [0, 0.1) is 29.6 Å². The largest absolute Gasteiger partial charge is 0.462 e. The number of aliphatic hydroxyl groups excluding tert-OH is 1. The average Bonchev–Trinajstić information content (AvgIpc) is 2.70. The predicted molar refractivity (Wildman–Crippen MR) is 111 cm³/mol. The lowest BCUT2D eigenvalue weighted by atomic mass is 9.65. The summed E-state index contributed by atoms with van der Waals surface area (Å²) in [4.78, 5) is 24.4. The van der Waals surface area contributed by atoms with Crippen molar-refractivity contribution in [1.29, 1.82) is 0 Å². The minimum absolute atomic E-state index is 0.0404. The van der Waals surface area contributed by atoms with E-state index < -0.39 is 25.0 Å². The summed E-state index contributed by atoms with van der Waals surface area (Å²) < 4.78 is 35.1. The van der Waals surface area contributed by atoms with Gasteiger partial charge in [0.15, 0.2) is 0 Å². The quantitative estimate of drug-likeness (QED) is 0.668. The van der Waals surface area contributed by atoms with Crippen LogP contribution >= 0.6 is 0 Å². The second-order valence-corrected chi connectivity index (χ2v) is 8.98. The zero-order chi connectivity index (χ0) is 23.6. The summed E-state index contributed by atoms with van der Waals surface area (Å²) in [5.41, 5.74) is 0.920. The number of hydrogen-bond acceptors (Lipinski definition) is 5. The fourth-order valence-corrected chi connectivity index (χ4v) is 4.86. The molecule has 1 saturated heterocycles. The molecule has 1 N–H and O–H groups in total. The van der Waals surface area contributed by atoms with Crippen LogP contribution < -0.4 is 0 Å². The van der Waals surface area contributed by atoms with E-state index in [2.05, 4.69) is 13.0 Å².